The lowest BCUT2D eigenvalue weighted by Gasteiger charge is -2.21. The van der Waals surface area contributed by atoms with Crippen molar-refractivity contribution in [2.24, 2.45) is 0 Å². The van der Waals surface area contributed by atoms with Gasteiger partial charge in [0.2, 0.25) is 10.0 Å². The minimum Gasteiger partial charge on any atom is -0.207 e. The molecule has 1 aliphatic heterocycles. The fraction of sp³-hybridized carbons (Fsp3) is 0.375. The Kier molecular flexibility index (Phi) is 5.84. The summed E-state index contributed by atoms with van der Waals surface area (Å²) in [6.07, 6.45) is 0.800. The van der Waals surface area contributed by atoms with Gasteiger partial charge in [-0.15, -0.1) is 11.3 Å². The molecule has 3 rings (SSSR count). The van der Waals surface area contributed by atoms with Crippen LogP contribution < -0.4 is 0 Å². The van der Waals surface area contributed by atoms with Crippen LogP contribution in [0.3, 0.4) is 0 Å². The highest BCUT2D eigenvalue weighted by Gasteiger charge is 2.30. The molecule has 1 saturated heterocycles. The largest absolute Gasteiger partial charge is 0.244 e. The van der Waals surface area contributed by atoms with Crippen molar-refractivity contribution < 1.29 is 8.42 Å². The summed E-state index contributed by atoms with van der Waals surface area (Å²) in [6.45, 7) is 2.77. The van der Waals surface area contributed by atoms with Crippen molar-refractivity contribution in [1.82, 2.24) is 4.31 Å². The van der Waals surface area contributed by atoms with Crippen LogP contribution in [0.1, 0.15) is 22.1 Å². The minimum atomic E-state index is -3.61. The summed E-state index contributed by atoms with van der Waals surface area (Å²) in [4.78, 5) is 1.45. The SMILES string of the molecule is Cc1cc(S(=O)(=O)N2CCSC(c3cccs3)CC2)c(Cl)cc1Cl. The van der Waals surface area contributed by atoms with Crippen molar-refractivity contribution in [2.75, 3.05) is 18.8 Å². The van der Waals surface area contributed by atoms with Crippen molar-refractivity contribution in [1.29, 1.82) is 0 Å². The molecule has 3 nitrogen and oxygen atoms in total. The number of hydrogen-bond donors (Lipinski definition) is 0. The standard InChI is InChI=1S/C16H17Cl2NO2S3/c1-11-9-16(13(18)10-12(11)17)24(20,21)19-5-4-15(23-8-6-19)14-3-2-7-22-14/h2-3,7,9-10,15H,4-6,8H2,1H3. The van der Waals surface area contributed by atoms with Crippen molar-refractivity contribution in [3.63, 3.8) is 0 Å². The Morgan fingerprint density at radius 3 is 2.71 bits per heavy atom. The summed E-state index contributed by atoms with van der Waals surface area (Å²) < 4.78 is 27.6. The molecule has 130 valence electrons. The Labute approximate surface area is 161 Å². The molecule has 0 amide bonds. The molecule has 1 atom stereocenters. The molecule has 2 aromatic rings. The fourth-order valence-corrected chi connectivity index (χ4v) is 7.27. The molecule has 1 fully saturated rings. The predicted octanol–water partition coefficient (Wildman–Crippen LogP) is 5.23. The number of rotatable bonds is 3. The van der Waals surface area contributed by atoms with Crippen LogP contribution in [0.2, 0.25) is 10.0 Å². The van der Waals surface area contributed by atoms with E-state index >= 15 is 0 Å². The first-order valence-electron chi connectivity index (χ1n) is 7.50. The molecule has 0 bridgehead atoms. The molecule has 0 radical (unpaired) electrons. The summed E-state index contributed by atoms with van der Waals surface area (Å²) >= 11 is 15.7. The van der Waals surface area contributed by atoms with E-state index in [1.54, 1.807) is 28.6 Å². The second-order valence-electron chi connectivity index (χ2n) is 5.60. The van der Waals surface area contributed by atoms with Gasteiger partial charge in [-0.3, -0.25) is 0 Å². The number of aryl methyl sites for hydroxylation is 1. The van der Waals surface area contributed by atoms with Gasteiger partial charge in [-0.05, 0) is 42.5 Å². The highest BCUT2D eigenvalue weighted by atomic mass is 35.5. The van der Waals surface area contributed by atoms with Crippen molar-refractivity contribution in [3.05, 3.63) is 50.1 Å². The van der Waals surface area contributed by atoms with Gasteiger partial charge >= 0.3 is 0 Å². The zero-order chi connectivity index (χ0) is 17.3. The van der Waals surface area contributed by atoms with Gasteiger partial charge in [0.25, 0.3) is 0 Å². The summed E-state index contributed by atoms with van der Waals surface area (Å²) in [5, 5.41) is 3.07. The third kappa shape index (κ3) is 3.79. The maximum Gasteiger partial charge on any atom is 0.244 e. The minimum absolute atomic E-state index is 0.144. The number of sulfonamides is 1. The van der Waals surface area contributed by atoms with Gasteiger partial charge in [0.15, 0.2) is 0 Å². The van der Waals surface area contributed by atoms with Gasteiger partial charge in [0.05, 0.1) is 5.02 Å². The van der Waals surface area contributed by atoms with Crippen LogP contribution in [-0.2, 0) is 10.0 Å². The van der Waals surface area contributed by atoms with E-state index in [1.165, 1.54) is 10.9 Å². The summed E-state index contributed by atoms with van der Waals surface area (Å²) in [5.74, 6) is 0.770. The van der Waals surface area contributed by atoms with E-state index in [-0.39, 0.29) is 9.92 Å². The molecule has 2 heterocycles. The van der Waals surface area contributed by atoms with Gasteiger partial charge in [0.1, 0.15) is 4.90 Å². The third-order valence-corrected chi connectivity index (χ3v) is 9.21. The lowest BCUT2D eigenvalue weighted by molar-refractivity contribution is 0.428. The van der Waals surface area contributed by atoms with Crippen molar-refractivity contribution in [3.8, 4) is 0 Å². The molecule has 0 aliphatic carbocycles. The van der Waals surface area contributed by atoms with E-state index in [2.05, 4.69) is 11.4 Å². The van der Waals surface area contributed by atoms with E-state index in [4.69, 9.17) is 23.2 Å². The van der Waals surface area contributed by atoms with Gasteiger partial charge in [-0.25, -0.2) is 8.42 Å². The first-order chi connectivity index (χ1) is 11.4. The zero-order valence-electron chi connectivity index (χ0n) is 13.0. The van der Waals surface area contributed by atoms with Crippen LogP contribution in [0.15, 0.2) is 34.5 Å². The first kappa shape index (κ1) is 18.5. The molecular formula is C16H17Cl2NO2S3. The van der Waals surface area contributed by atoms with E-state index in [0.29, 0.717) is 28.9 Å². The van der Waals surface area contributed by atoms with Gasteiger partial charge < -0.3 is 0 Å². The van der Waals surface area contributed by atoms with Crippen LogP contribution in [0.5, 0.6) is 0 Å². The first-order valence-corrected chi connectivity index (χ1v) is 11.6. The Balaban J connectivity index is 1.84. The topological polar surface area (TPSA) is 37.4 Å². The lowest BCUT2D eigenvalue weighted by atomic mass is 10.2. The van der Waals surface area contributed by atoms with Gasteiger partial charge in [-0.1, -0.05) is 29.3 Å². The van der Waals surface area contributed by atoms with Crippen LogP contribution in [0.4, 0.5) is 0 Å². The normalized spacial score (nSPS) is 20.0. The predicted molar refractivity (Wildman–Crippen MR) is 104 cm³/mol. The summed E-state index contributed by atoms with van der Waals surface area (Å²) in [6, 6.07) is 7.23. The Bertz CT molecular complexity index is 822. The van der Waals surface area contributed by atoms with E-state index in [1.807, 2.05) is 17.8 Å². The second-order valence-corrected chi connectivity index (χ2v) is 10.6. The Morgan fingerprint density at radius 2 is 2.00 bits per heavy atom. The molecule has 1 aromatic carbocycles. The molecule has 0 N–H and O–H groups in total. The van der Waals surface area contributed by atoms with E-state index in [9.17, 15) is 8.42 Å². The Hall–Kier alpha value is -0.240. The second kappa shape index (κ2) is 7.56. The maximum absolute atomic E-state index is 13.0. The monoisotopic (exact) mass is 421 g/mol. The molecule has 1 aliphatic rings. The highest BCUT2D eigenvalue weighted by Crippen LogP contribution is 2.38. The van der Waals surface area contributed by atoms with E-state index in [0.717, 1.165) is 12.2 Å². The number of hydrogen-bond acceptors (Lipinski definition) is 4. The lowest BCUT2D eigenvalue weighted by Crippen LogP contribution is -2.33. The van der Waals surface area contributed by atoms with Crippen LogP contribution in [-0.4, -0.2) is 31.6 Å². The fourth-order valence-electron chi connectivity index (χ4n) is 2.66. The van der Waals surface area contributed by atoms with Crippen molar-refractivity contribution >= 4 is 56.3 Å². The van der Waals surface area contributed by atoms with Crippen LogP contribution in [0, 0.1) is 6.92 Å². The average Bonchev–Trinajstić information content (AvgIpc) is 2.94. The number of benzene rings is 1. The van der Waals surface area contributed by atoms with Gasteiger partial charge in [-0.2, -0.15) is 16.1 Å². The molecule has 24 heavy (non-hydrogen) atoms. The zero-order valence-corrected chi connectivity index (χ0v) is 17.0. The average molecular weight is 422 g/mol. The Morgan fingerprint density at radius 1 is 1.21 bits per heavy atom. The number of thioether (sulfide) groups is 1. The van der Waals surface area contributed by atoms with Crippen molar-refractivity contribution in [2.45, 2.75) is 23.5 Å². The molecule has 0 spiro atoms. The smallest absolute Gasteiger partial charge is 0.207 e. The molecule has 1 unspecified atom stereocenters. The third-order valence-electron chi connectivity index (χ3n) is 3.99. The number of nitrogens with zero attached hydrogens (tertiary/aromatic N) is 1. The summed E-state index contributed by atoms with van der Waals surface area (Å²) in [7, 11) is -3.61. The molecule has 0 saturated carbocycles. The highest BCUT2D eigenvalue weighted by molar-refractivity contribution is 7.99. The van der Waals surface area contributed by atoms with Gasteiger partial charge in [0, 0.05) is 34.0 Å². The summed E-state index contributed by atoms with van der Waals surface area (Å²) in [5.41, 5.74) is 0.709. The number of halogens is 2. The molecule has 8 heteroatoms. The van der Waals surface area contributed by atoms with E-state index < -0.39 is 10.0 Å². The molecule has 1 aromatic heterocycles. The number of thiophene rings is 1. The quantitative estimate of drug-likeness (QED) is 0.680. The van der Waals surface area contributed by atoms with Crippen LogP contribution in [0.25, 0.3) is 0 Å². The van der Waals surface area contributed by atoms with Crippen LogP contribution >= 0.6 is 46.3 Å². The molecular weight excluding hydrogens is 405 g/mol. The maximum atomic E-state index is 13.0.